The third-order valence-electron chi connectivity index (χ3n) is 2.34. The molecule has 3 nitrogen and oxygen atoms in total. The number of ether oxygens (including phenoxy) is 1. The van der Waals surface area contributed by atoms with E-state index >= 15 is 0 Å². The summed E-state index contributed by atoms with van der Waals surface area (Å²) in [5, 5.41) is 0. The molecule has 1 aliphatic rings. The Morgan fingerprint density at radius 2 is 2.14 bits per heavy atom. The summed E-state index contributed by atoms with van der Waals surface area (Å²) in [6.45, 7) is 2.03. The van der Waals surface area contributed by atoms with Crippen LogP contribution in [-0.2, 0) is 22.4 Å². The maximum absolute atomic E-state index is 11.3. The van der Waals surface area contributed by atoms with Crippen LogP contribution in [-0.4, -0.2) is 11.9 Å². The van der Waals surface area contributed by atoms with Crippen LogP contribution in [0.4, 0.5) is 0 Å². The molecular formula is C11H10O3. The van der Waals surface area contributed by atoms with Gasteiger partial charge in [-0.05, 0) is 23.6 Å². The zero-order valence-corrected chi connectivity index (χ0v) is 7.87. The number of carbonyl (C=O) groups excluding carboxylic acids is 2. The molecule has 1 aromatic carbocycles. The average molecular weight is 190 g/mol. The van der Waals surface area contributed by atoms with Gasteiger partial charge in [-0.25, -0.2) is 4.79 Å². The third-order valence-corrected chi connectivity index (χ3v) is 2.34. The molecule has 0 bridgehead atoms. The largest absolute Gasteiger partial charge is 0.389 e. The summed E-state index contributed by atoms with van der Waals surface area (Å²) in [4.78, 5) is 22.2. The first-order valence-electron chi connectivity index (χ1n) is 4.57. The molecule has 0 aliphatic carbocycles. The van der Waals surface area contributed by atoms with Crippen LogP contribution < -0.4 is 0 Å². The average Bonchev–Trinajstić information content (AvgIpc) is 2.16. The van der Waals surface area contributed by atoms with Gasteiger partial charge in [-0.3, -0.25) is 4.79 Å². The van der Waals surface area contributed by atoms with Crippen molar-refractivity contribution in [3.05, 3.63) is 34.9 Å². The lowest BCUT2D eigenvalue weighted by Crippen LogP contribution is -2.22. The van der Waals surface area contributed by atoms with Crippen molar-refractivity contribution in [1.29, 1.82) is 0 Å². The van der Waals surface area contributed by atoms with E-state index < -0.39 is 11.9 Å². The monoisotopic (exact) mass is 190 g/mol. The number of cyclic esters (lactones) is 2. The van der Waals surface area contributed by atoms with E-state index in [0.717, 1.165) is 17.5 Å². The Balaban J connectivity index is 2.49. The van der Waals surface area contributed by atoms with E-state index in [1.165, 1.54) is 0 Å². The van der Waals surface area contributed by atoms with E-state index in [4.69, 9.17) is 0 Å². The summed E-state index contributed by atoms with van der Waals surface area (Å²) in [5.74, 6) is -0.991. The van der Waals surface area contributed by atoms with Crippen LogP contribution in [0, 0.1) is 0 Å². The van der Waals surface area contributed by atoms with Crippen molar-refractivity contribution in [3.8, 4) is 0 Å². The Labute approximate surface area is 81.7 Å². The molecule has 1 aromatic rings. The standard InChI is InChI=1S/C11H10O3/c1-2-7-3-4-9-8(5-7)6-10(12)14-11(9)13/h3-5H,2,6H2,1H3. The first-order valence-corrected chi connectivity index (χ1v) is 4.57. The Morgan fingerprint density at radius 3 is 2.86 bits per heavy atom. The van der Waals surface area contributed by atoms with Crippen molar-refractivity contribution in [2.24, 2.45) is 0 Å². The van der Waals surface area contributed by atoms with Crippen LogP contribution >= 0.6 is 0 Å². The van der Waals surface area contributed by atoms with Crippen molar-refractivity contribution in [3.63, 3.8) is 0 Å². The second-order valence-corrected chi connectivity index (χ2v) is 3.28. The van der Waals surface area contributed by atoms with Crippen molar-refractivity contribution < 1.29 is 14.3 Å². The van der Waals surface area contributed by atoms with Crippen molar-refractivity contribution in [1.82, 2.24) is 0 Å². The molecular weight excluding hydrogens is 180 g/mol. The number of rotatable bonds is 1. The fourth-order valence-electron chi connectivity index (χ4n) is 1.56. The third kappa shape index (κ3) is 1.41. The van der Waals surface area contributed by atoms with Gasteiger partial charge in [0, 0.05) is 0 Å². The predicted octanol–water partition coefficient (Wildman–Crippen LogP) is 1.49. The topological polar surface area (TPSA) is 43.4 Å². The van der Waals surface area contributed by atoms with Gasteiger partial charge in [0.2, 0.25) is 0 Å². The summed E-state index contributed by atoms with van der Waals surface area (Å²) in [6, 6.07) is 5.51. The fraction of sp³-hybridized carbons (Fsp3) is 0.273. The normalized spacial score (nSPS) is 14.9. The van der Waals surface area contributed by atoms with Crippen LogP contribution in [0.3, 0.4) is 0 Å². The van der Waals surface area contributed by atoms with Gasteiger partial charge in [-0.1, -0.05) is 19.1 Å². The molecule has 3 heteroatoms. The number of carbonyl (C=O) groups is 2. The second kappa shape index (κ2) is 3.25. The molecule has 0 radical (unpaired) electrons. The van der Waals surface area contributed by atoms with Gasteiger partial charge < -0.3 is 4.74 Å². The van der Waals surface area contributed by atoms with Crippen molar-refractivity contribution >= 4 is 11.9 Å². The molecule has 0 fully saturated rings. The molecule has 1 aliphatic heterocycles. The minimum Gasteiger partial charge on any atom is -0.389 e. The summed E-state index contributed by atoms with van der Waals surface area (Å²) in [5.41, 5.74) is 2.43. The number of fused-ring (bicyclic) bond motifs is 1. The Bertz CT molecular complexity index is 407. The summed E-state index contributed by atoms with van der Waals surface area (Å²) >= 11 is 0. The Kier molecular flexibility index (Phi) is 2.08. The number of esters is 2. The highest BCUT2D eigenvalue weighted by Gasteiger charge is 2.24. The molecule has 0 atom stereocenters. The highest BCUT2D eigenvalue weighted by molar-refractivity contribution is 6.02. The van der Waals surface area contributed by atoms with Crippen LogP contribution in [0.2, 0.25) is 0 Å². The van der Waals surface area contributed by atoms with Gasteiger partial charge in [0.15, 0.2) is 0 Å². The van der Waals surface area contributed by atoms with E-state index in [1.54, 1.807) is 6.07 Å². The zero-order chi connectivity index (χ0) is 10.1. The highest BCUT2D eigenvalue weighted by atomic mass is 16.6. The van der Waals surface area contributed by atoms with E-state index in [0.29, 0.717) is 5.56 Å². The van der Waals surface area contributed by atoms with Crippen LogP contribution in [0.15, 0.2) is 18.2 Å². The first kappa shape index (κ1) is 8.94. The van der Waals surface area contributed by atoms with Gasteiger partial charge in [-0.15, -0.1) is 0 Å². The maximum Gasteiger partial charge on any atom is 0.346 e. The molecule has 0 aromatic heterocycles. The first-order chi connectivity index (χ1) is 6.70. The lowest BCUT2D eigenvalue weighted by atomic mass is 9.99. The SMILES string of the molecule is CCc1ccc2c(c1)CC(=O)OC2=O. The van der Waals surface area contributed by atoms with Crippen molar-refractivity contribution in [2.45, 2.75) is 19.8 Å². The van der Waals surface area contributed by atoms with E-state index in [2.05, 4.69) is 4.74 Å². The van der Waals surface area contributed by atoms with Gasteiger partial charge in [0.05, 0.1) is 12.0 Å². The number of hydrogen-bond donors (Lipinski definition) is 0. The number of hydrogen-bond acceptors (Lipinski definition) is 3. The smallest absolute Gasteiger partial charge is 0.346 e. The summed E-state index contributed by atoms with van der Waals surface area (Å²) in [6.07, 6.45) is 1.10. The highest BCUT2D eigenvalue weighted by Crippen LogP contribution is 2.19. The fourth-order valence-corrected chi connectivity index (χ4v) is 1.56. The zero-order valence-electron chi connectivity index (χ0n) is 7.87. The number of benzene rings is 1. The second-order valence-electron chi connectivity index (χ2n) is 3.28. The van der Waals surface area contributed by atoms with Crippen LogP contribution in [0.5, 0.6) is 0 Å². The molecule has 2 rings (SSSR count). The lowest BCUT2D eigenvalue weighted by Gasteiger charge is -2.14. The van der Waals surface area contributed by atoms with Gasteiger partial charge >= 0.3 is 11.9 Å². The van der Waals surface area contributed by atoms with Gasteiger partial charge in [0.1, 0.15) is 0 Å². The summed E-state index contributed by atoms with van der Waals surface area (Å²) in [7, 11) is 0. The minimum atomic E-state index is -0.529. The molecule has 0 amide bonds. The van der Waals surface area contributed by atoms with E-state index in [1.807, 2.05) is 19.1 Å². The molecule has 14 heavy (non-hydrogen) atoms. The van der Waals surface area contributed by atoms with E-state index in [-0.39, 0.29) is 6.42 Å². The predicted molar refractivity (Wildman–Crippen MR) is 49.9 cm³/mol. The lowest BCUT2D eigenvalue weighted by molar-refractivity contribution is -0.137. The maximum atomic E-state index is 11.3. The molecule has 0 saturated carbocycles. The molecule has 0 saturated heterocycles. The van der Waals surface area contributed by atoms with Crippen molar-refractivity contribution in [2.75, 3.05) is 0 Å². The summed E-state index contributed by atoms with van der Waals surface area (Å²) < 4.78 is 4.51. The molecule has 0 N–H and O–H groups in total. The molecule has 72 valence electrons. The number of aryl methyl sites for hydroxylation is 1. The Hall–Kier alpha value is -1.64. The Morgan fingerprint density at radius 1 is 1.36 bits per heavy atom. The quantitative estimate of drug-likeness (QED) is 0.497. The van der Waals surface area contributed by atoms with Crippen LogP contribution in [0.25, 0.3) is 0 Å². The molecule has 0 spiro atoms. The van der Waals surface area contributed by atoms with E-state index in [9.17, 15) is 9.59 Å². The van der Waals surface area contributed by atoms with Gasteiger partial charge in [-0.2, -0.15) is 0 Å². The molecule has 0 unspecified atom stereocenters. The van der Waals surface area contributed by atoms with Crippen LogP contribution in [0.1, 0.15) is 28.4 Å². The van der Waals surface area contributed by atoms with Gasteiger partial charge in [0.25, 0.3) is 0 Å². The minimum absolute atomic E-state index is 0.203. The molecule has 1 heterocycles.